The maximum Gasteiger partial charge on any atom is 0.203 e. The van der Waals surface area contributed by atoms with Crippen LogP contribution in [0, 0.1) is 5.92 Å². The average molecular weight is 315 g/mol. The van der Waals surface area contributed by atoms with Gasteiger partial charge in [-0.1, -0.05) is 22.4 Å². The Bertz CT molecular complexity index is 377. The second-order valence-corrected chi connectivity index (χ2v) is 5.13. The van der Waals surface area contributed by atoms with Crippen molar-refractivity contribution in [1.29, 1.82) is 0 Å². The van der Waals surface area contributed by atoms with Crippen LogP contribution in [-0.4, -0.2) is 20.8 Å². The first-order chi connectivity index (χ1) is 8.78. The third kappa shape index (κ3) is 2.91. The van der Waals surface area contributed by atoms with Crippen molar-refractivity contribution in [2.75, 3.05) is 20.8 Å². The molecule has 0 aromatic heterocycles. The Hall–Kier alpha value is -0.900. The van der Waals surface area contributed by atoms with Crippen LogP contribution < -0.4 is 14.2 Å². The van der Waals surface area contributed by atoms with Gasteiger partial charge in [-0.15, -0.1) is 0 Å². The molecule has 0 amide bonds. The Balaban J connectivity index is 2.18. The van der Waals surface area contributed by atoms with E-state index in [1.54, 1.807) is 14.2 Å². The van der Waals surface area contributed by atoms with Crippen molar-refractivity contribution in [2.24, 2.45) is 5.92 Å². The fraction of sp³-hybridized carbons (Fsp3) is 0.571. The third-order valence-corrected chi connectivity index (χ3v) is 4.01. The standard InChI is InChI=1S/C14H19BrO3/c1-16-12-6-11(8-15)7-13(17-2)14(12)18-9-10-4-3-5-10/h6-7,10H,3-5,8-9H2,1-2H3. The summed E-state index contributed by atoms with van der Waals surface area (Å²) in [6.07, 6.45) is 3.86. The molecular formula is C14H19BrO3. The Kier molecular flexibility index (Phi) is 4.75. The molecule has 1 fully saturated rings. The topological polar surface area (TPSA) is 27.7 Å². The van der Waals surface area contributed by atoms with Gasteiger partial charge < -0.3 is 14.2 Å². The molecular weight excluding hydrogens is 296 g/mol. The Labute approximate surface area is 117 Å². The highest BCUT2D eigenvalue weighted by Gasteiger charge is 2.20. The first kappa shape index (κ1) is 13.5. The first-order valence-corrected chi connectivity index (χ1v) is 7.34. The van der Waals surface area contributed by atoms with Gasteiger partial charge in [0, 0.05) is 5.33 Å². The van der Waals surface area contributed by atoms with Crippen LogP contribution in [0.15, 0.2) is 12.1 Å². The minimum absolute atomic E-state index is 0.690. The van der Waals surface area contributed by atoms with Gasteiger partial charge in [0.15, 0.2) is 11.5 Å². The van der Waals surface area contributed by atoms with Crippen LogP contribution >= 0.6 is 15.9 Å². The second kappa shape index (κ2) is 6.32. The van der Waals surface area contributed by atoms with Crippen LogP contribution in [0.25, 0.3) is 0 Å². The van der Waals surface area contributed by atoms with Crippen molar-refractivity contribution >= 4 is 15.9 Å². The molecule has 100 valence electrons. The van der Waals surface area contributed by atoms with Gasteiger partial charge in [-0.05, 0) is 36.5 Å². The van der Waals surface area contributed by atoms with Gasteiger partial charge >= 0.3 is 0 Å². The molecule has 2 rings (SSSR count). The molecule has 0 unspecified atom stereocenters. The molecule has 0 N–H and O–H groups in total. The summed E-state index contributed by atoms with van der Waals surface area (Å²) >= 11 is 3.44. The minimum Gasteiger partial charge on any atom is -0.493 e. The summed E-state index contributed by atoms with van der Waals surface area (Å²) in [7, 11) is 3.31. The normalized spacial score (nSPS) is 15.1. The van der Waals surface area contributed by atoms with Crippen LogP contribution in [0.5, 0.6) is 17.2 Å². The van der Waals surface area contributed by atoms with Gasteiger partial charge in [0.2, 0.25) is 5.75 Å². The summed E-state index contributed by atoms with van der Waals surface area (Å²) in [5.41, 5.74) is 1.11. The van der Waals surface area contributed by atoms with Crippen LogP contribution in [0.4, 0.5) is 0 Å². The van der Waals surface area contributed by atoms with E-state index in [-0.39, 0.29) is 0 Å². The lowest BCUT2D eigenvalue weighted by atomic mass is 9.86. The van der Waals surface area contributed by atoms with Crippen molar-refractivity contribution in [3.63, 3.8) is 0 Å². The van der Waals surface area contributed by atoms with E-state index < -0.39 is 0 Å². The molecule has 0 bridgehead atoms. The summed E-state index contributed by atoms with van der Waals surface area (Å²) in [5, 5.41) is 0.766. The lowest BCUT2D eigenvalue weighted by Gasteiger charge is -2.26. The smallest absolute Gasteiger partial charge is 0.203 e. The quantitative estimate of drug-likeness (QED) is 0.748. The summed E-state index contributed by atoms with van der Waals surface area (Å²) in [6, 6.07) is 3.96. The number of benzene rings is 1. The number of halogens is 1. The van der Waals surface area contributed by atoms with Crippen LogP contribution in [0.2, 0.25) is 0 Å². The SMILES string of the molecule is COc1cc(CBr)cc(OC)c1OCC1CCC1. The molecule has 4 heteroatoms. The number of ether oxygens (including phenoxy) is 3. The summed E-state index contributed by atoms with van der Waals surface area (Å²) in [5.74, 6) is 2.89. The number of alkyl halides is 1. The van der Waals surface area contributed by atoms with Crippen molar-refractivity contribution in [3.05, 3.63) is 17.7 Å². The average Bonchev–Trinajstić information content (AvgIpc) is 2.36. The molecule has 1 aromatic rings. The maximum absolute atomic E-state index is 5.89. The van der Waals surface area contributed by atoms with E-state index in [0.29, 0.717) is 5.92 Å². The zero-order valence-corrected chi connectivity index (χ0v) is 12.5. The monoisotopic (exact) mass is 314 g/mol. The van der Waals surface area contributed by atoms with E-state index in [4.69, 9.17) is 14.2 Å². The molecule has 1 aliphatic carbocycles. The van der Waals surface area contributed by atoms with E-state index in [2.05, 4.69) is 15.9 Å². The molecule has 0 atom stereocenters. The maximum atomic E-state index is 5.89. The largest absolute Gasteiger partial charge is 0.493 e. The zero-order valence-electron chi connectivity index (χ0n) is 10.9. The Morgan fingerprint density at radius 3 is 2.17 bits per heavy atom. The van der Waals surface area contributed by atoms with E-state index in [9.17, 15) is 0 Å². The highest BCUT2D eigenvalue weighted by molar-refractivity contribution is 9.08. The van der Waals surface area contributed by atoms with E-state index in [1.807, 2.05) is 12.1 Å². The predicted molar refractivity (Wildman–Crippen MR) is 75.0 cm³/mol. The van der Waals surface area contributed by atoms with Crippen LogP contribution in [0.1, 0.15) is 24.8 Å². The van der Waals surface area contributed by atoms with Crippen molar-refractivity contribution in [2.45, 2.75) is 24.6 Å². The van der Waals surface area contributed by atoms with E-state index >= 15 is 0 Å². The van der Waals surface area contributed by atoms with Gasteiger partial charge in [0.05, 0.1) is 20.8 Å². The van der Waals surface area contributed by atoms with Gasteiger partial charge in [-0.3, -0.25) is 0 Å². The summed E-state index contributed by atoms with van der Waals surface area (Å²) in [4.78, 5) is 0. The van der Waals surface area contributed by atoms with Gasteiger partial charge in [-0.25, -0.2) is 0 Å². The van der Waals surface area contributed by atoms with E-state index in [1.165, 1.54) is 19.3 Å². The molecule has 1 aromatic carbocycles. The van der Waals surface area contributed by atoms with E-state index in [0.717, 1.165) is 34.7 Å². The predicted octanol–water partition coefficient (Wildman–Crippen LogP) is 3.78. The fourth-order valence-corrected chi connectivity index (χ4v) is 2.34. The van der Waals surface area contributed by atoms with Crippen LogP contribution in [0.3, 0.4) is 0 Å². The lowest BCUT2D eigenvalue weighted by Crippen LogP contribution is -2.19. The third-order valence-electron chi connectivity index (χ3n) is 3.36. The van der Waals surface area contributed by atoms with Gasteiger partial charge in [0.1, 0.15) is 0 Å². The fourth-order valence-electron chi connectivity index (χ4n) is 2.01. The molecule has 3 nitrogen and oxygen atoms in total. The van der Waals surface area contributed by atoms with Crippen molar-refractivity contribution in [3.8, 4) is 17.2 Å². The first-order valence-electron chi connectivity index (χ1n) is 6.22. The lowest BCUT2D eigenvalue weighted by molar-refractivity contribution is 0.171. The molecule has 1 aliphatic rings. The number of hydrogen-bond donors (Lipinski definition) is 0. The molecule has 0 heterocycles. The Morgan fingerprint density at radius 2 is 1.78 bits per heavy atom. The van der Waals surface area contributed by atoms with Crippen LogP contribution in [-0.2, 0) is 5.33 Å². The van der Waals surface area contributed by atoms with Crippen molar-refractivity contribution in [1.82, 2.24) is 0 Å². The van der Waals surface area contributed by atoms with Crippen molar-refractivity contribution < 1.29 is 14.2 Å². The number of hydrogen-bond acceptors (Lipinski definition) is 3. The number of methoxy groups -OCH3 is 2. The minimum atomic E-state index is 0.690. The molecule has 18 heavy (non-hydrogen) atoms. The number of rotatable bonds is 6. The molecule has 0 spiro atoms. The highest BCUT2D eigenvalue weighted by atomic mass is 79.9. The van der Waals surface area contributed by atoms with Gasteiger partial charge in [-0.2, -0.15) is 0 Å². The molecule has 1 saturated carbocycles. The summed E-state index contributed by atoms with van der Waals surface area (Å²) < 4.78 is 16.7. The Morgan fingerprint density at radius 1 is 1.17 bits per heavy atom. The zero-order chi connectivity index (χ0) is 13.0. The highest BCUT2D eigenvalue weighted by Crippen LogP contribution is 2.40. The second-order valence-electron chi connectivity index (χ2n) is 4.57. The van der Waals surface area contributed by atoms with Gasteiger partial charge in [0.25, 0.3) is 0 Å². The molecule has 0 radical (unpaired) electrons. The molecule has 0 aliphatic heterocycles. The molecule has 0 saturated heterocycles. The summed E-state index contributed by atoms with van der Waals surface area (Å²) in [6.45, 7) is 0.750.